The molecule has 11 heteroatoms. The van der Waals surface area contributed by atoms with Crippen LogP contribution < -0.4 is 5.32 Å². The number of barbiturate groups is 1. The smallest absolute Gasteiger partial charge is 0.354 e. The van der Waals surface area contributed by atoms with Gasteiger partial charge in [0.1, 0.15) is 17.2 Å². The minimum atomic E-state index is -1.44. The summed E-state index contributed by atoms with van der Waals surface area (Å²) in [6, 6.07) is 4.10. The number of esters is 2. The Hall–Kier alpha value is -4.02. The van der Waals surface area contributed by atoms with Crippen molar-refractivity contribution >= 4 is 35.4 Å². The average Bonchev–Trinajstić information content (AvgIpc) is 2.78. The van der Waals surface area contributed by atoms with Crippen LogP contribution in [-0.4, -0.2) is 72.4 Å². The first-order valence-corrected chi connectivity index (χ1v) is 9.17. The van der Waals surface area contributed by atoms with Crippen LogP contribution in [0.15, 0.2) is 42.4 Å². The average molecular weight is 430 g/mol. The van der Waals surface area contributed by atoms with Crippen molar-refractivity contribution in [3.05, 3.63) is 48.1 Å². The Labute approximate surface area is 178 Å². The summed E-state index contributed by atoms with van der Waals surface area (Å²) < 4.78 is 9.72. The molecule has 0 bridgehead atoms. The monoisotopic (exact) mass is 430 g/mol. The minimum Gasteiger partial charge on any atom is -0.464 e. The van der Waals surface area contributed by atoms with E-state index in [-0.39, 0.29) is 23.6 Å². The summed E-state index contributed by atoms with van der Waals surface area (Å²) >= 11 is 0. The van der Waals surface area contributed by atoms with Gasteiger partial charge in [-0.2, -0.15) is 0 Å². The van der Waals surface area contributed by atoms with Crippen LogP contribution in [0.4, 0.5) is 4.79 Å². The van der Waals surface area contributed by atoms with Crippen molar-refractivity contribution in [1.82, 2.24) is 20.1 Å². The summed E-state index contributed by atoms with van der Waals surface area (Å²) in [7, 11) is 3.55. The van der Waals surface area contributed by atoms with Crippen LogP contribution in [0.1, 0.15) is 12.6 Å². The van der Waals surface area contributed by atoms with Crippen molar-refractivity contribution in [3.63, 3.8) is 0 Å². The van der Waals surface area contributed by atoms with Crippen LogP contribution in [0.5, 0.6) is 0 Å². The van der Waals surface area contributed by atoms with Gasteiger partial charge in [-0.05, 0) is 25.1 Å². The van der Waals surface area contributed by atoms with Crippen LogP contribution in [0.3, 0.4) is 0 Å². The molecule has 0 spiro atoms. The molecule has 1 saturated heterocycles. The van der Waals surface area contributed by atoms with Crippen molar-refractivity contribution in [1.29, 1.82) is 0 Å². The number of hydrogen-bond donors (Lipinski definition) is 1. The normalized spacial score (nSPS) is 15.8. The van der Waals surface area contributed by atoms with E-state index in [4.69, 9.17) is 9.47 Å². The van der Waals surface area contributed by atoms with Crippen LogP contribution in [0.25, 0.3) is 5.57 Å². The zero-order valence-electron chi connectivity index (χ0n) is 17.4. The third kappa shape index (κ3) is 5.13. The number of hydrogen-bond acceptors (Lipinski definition) is 9. The van der Waals surface area contributed by atoms with Crippen LogP contribution >= 0.6 is 0 Å². The Balaban J connectivity index is 2.45. The van der Waals surface area contributed by atoms with Gasteiger partial charge in [-0.15, -0.1) is 0 Å². The predicted molar refractivity (Wildman–Crippen MR) is 107 cm³/mol. The van der Waals surface area contributed by atoms with Crippen molar-refractivity contribution in [2.45, 2.75) is 6.92 Å². The molecule has 0 aromatic carbocycles. The van der Waals surface area contributed by atoms with Crippen molar-refractivity contribution in [3.8, 4) is 0 Å². The summed E-state index contributed by atoms with van der Waals surface area (Å²) in [5, 5.41) is 2.59. The fraction of sp³-hybridized carbons (Fsp3) is 0.300. The number of imide groups is 2. The zero-order valence-corrected chi connectivity index (χ0v) is 17.4. The van der Waals surface area contributed by atoms with Gasteiger partial charge in [0.2, 0.25) is 11.8 Å². The lowest BCUT2D eigenvalue weighted by molar-refractivity contribution is -0.145. The van der Waals surface area contributed by atoms with E-state index < -0.39 is 35.7 Å². The van der Waals surface area contributed by atoms with E-state index in [1.165, 1.54) is 26.5 Å². The molecule has 1 aromatic heterocycles. The SMILES string of the molecule is CCOC(=O)/C(=C/N/C(=C/C1C(=O)N(C)C(=O)N(C)C1=O)C(=O)OC)c1ccccn1. The predicted octanol–water partition coefficient (Wildman–Crippen LogP) is 0.299. The Morgan fingerprint density at radius 1 is 1.13 bits per heavy atom. The van der Waals surface area contributed by atoms with Gasteiger partial charge in [0.05, 0.1) is 19.4 Å². The number of methoxy groups -OCH3 is 1. The van der Waals surface area contributed by atoms with Crippen LogP contribution in [0.2, 0.25) is 0 Å². The van der Waals surface area contributed by atoms with Crippen molar-refractivity contribution in [2.75, 3.05) is 27.8 Å². The molecular formula is C20H22N4O7. The molecule has 1 fully saturated rings. The lowest BCUT2D eigenvalue weighted by Crippen LogP contribution is -2.56. The molecule has 1 aromatic rings. The maximum Gasteiger partial charge on any atom is 0.354 e. The summed E-state index contributed by atoms with van der Waals surface area (Å²) in [5.74, 6) is -4.66. The van der Waals surface area contributed by atoms with E-state index in [1.807, 2.05) is 0 Å². The number of nitrogens with one attached hydrogen (secondary N) is 1. The molecule has 1 aliphatic heterocycles. The summed E-state index contributed by atoms with van der Waals surface area (Å²) in [6.07, 6.45) is 3.68. The van der Waals surface area contributed by atoms with E-state index in [2.05, 4.69) is 10.3 Å². The molecule has 1 N–H and O–H groups in total. The first kappa shape index (κ1) is 23.3. The van der Waals surface area contributed by atoms with Gasteiger partial charge >= 0.3 is 18.0 Å². The molecular weight excluding hydrogens is 408 g/mol. The van der Waals surface area contributed by atoms with E-state index in [9.17, 15) is 24.0 Å². The van der Waals surface area contributed by atoms with E-state index in [0.29, 0.717) is 0 Å². The lowest BCUT2D eigenvalue weighted by Gasteiger charge is -2.31. The number of pyridine rings is 1. The Morgan fingerprint density at radius 2 is 1.77 bits per heavy atom. The van der Waals surface area contributed by atoms with Gasteiger partial charge in [0.25, 0.3) is 0 Å². The number of nitrogens with zero attached hydrogens (tertiary/aromatic N) is 3. The Bertz CT molecular complexity index is 932. The molecule has 0 unspecified atom stereocenters. The Morgan fingerprint density at radius 3 is 2.29 bits per heavy atom. The second-order valence-electron chi connectivity index (χ2n) is 6.26. The van der Waals surface area contributed by atoms with Crippen molar-refractivity contribution < 1.29 is 33.4 Å². The standard InChI is InChI=1S/C20H22N4O7/c1-5-31-18(27)13(14-8-6-7-9-21-14)11-22-15(19(28)30-4)10-12-16(25)23(2)20(29)24(3)17(12)26/h6-12,22H,5H2,1-4H3/b13-11+,15-10+. The highest BCUT2D eigenvalue weighted by Gasteiger charge is 2.41. The van der Waals surface area contributed by atoms with E-state index >= 15 is 0 Å². The maximum atomic E-state index is 12.4. The third-order valence-corrected chi connectivity index (χ3v) is 4.31. The molecule has 1 aliphatic rings. The fourth-order valence-corrected chi connectivity index (χ4v) is 2.65. The highest BCUT2D eigenvalue weighted by Crippen LogP contribution is 2.19. The summed E-state index contributed by atoms with van der Waals surface area (Å²) in [5.41, 5.74) is -0.0152. The van der Waals surface area contributed by atoms with E-state index in [1.54, 1.807) is 25.1 Å². The molecule has 0 radical (unpaired) electrons. The quantitative estimate of drug-likeness (QED) is 0.368. The van der Waals surface area contributed by atoms with Gasteiger partial charge in [0, 0.05) is 26.5 Å². The van der Waals surface area contributed by atoms with E-state index in [0.717, 1.165) is 23.0 Å². The molecule has 2 heterocycles. The largest absolute Gasteiger partial charge is 0.464 e. The number of amides is 4. The third-order valence-electron chi connectivity index (χ3n) is 4.31. The number of carbonyl (C=O) groups excluding carboxylic acids is 5. The number of urea groups is 1. The molecule has 4 amide bonds. The molecule has 2 rings (SSSR count). The molecule has 0 aliphatic carbocycles. The number of ether oxygens (including phenoxy) is 2. The van der Waals surface area contributed by atoms with Gasteiger partial charge in [-0.3, -0.25) is 24.4 Å². The summed E-state index contributed by atoms with van der Waals surface area (Å²) in [4.78, 5) is 67.0. The highest BCUT2D eigenvalue weighted by molar-refractivity contribution is 6.17. The first-order valence-electron chi connectivity index (χ1n) is 9.17. The topological polar surface area (TPSA) is 135 Å². The maximum absolute atomic E-state index is 12.4. The minimum absolute atomic E-state index is 0.00274. The second-order valence-corrected chi connectivity index (χ2v) is 6.26. The highest BCUT2D eigenvalue weighted by atomic mass is 16.5. The van der Waals surface area contributed by atoms with Gasteiger partial charge in [0.15, 0.2) is 0 Å². The van der Waals surface area contributed by atoms with Gasteiger partial charge in [-0.25, -0.2) is 14.4 Å². The zero-order chi connectivity index (χ0) is 23.1. The fourth-order valence-electron chi connectivity index (χ4n) is 2.65. The molecule has 11 nitrogen and oxygen atoms in total. The second kappa shape index (κ2) is 10.1. The lowest BCUT2D eigenvalue weighted by atomic mass is 10.0. The van der Waals surface area contributed by atoms with Crippen molar-refractivity contribution in [2.24, 2.45) is 5.92 Å². The summed E-state index contributed by atoms with van der Waals surface area (Å²) in [6.45, 7) is 1.75. The molecule has 31 heavy (non-hydrogen) atoms. The number of carbonyl (C=O) groups is 5. The molecule has 164 valence electrons. The van der Waals surface area contributed by atoms with Gasteiger partial charge < -0.3 is 14.8 Å². The first-order chi connectivity index (χ1) is 14.7. The number of aromatic nitrogens is 1. The molecule has 0 saturated carbocycles. The number of rotatable bonds is 7. The Kier molecular flexibility index (Phi) is 7.61. The van der Waals surface area contributed by atoms with Gasteiger partial charge in [-0.1, -0.05) is 6.07 Å². The van der Waals surface area contributed by atoms with Crippen LogP contribution in [-0.2, 0) is 28.7 Å². The van der Waals surface area contributed by atoms with Crippen LogP contribution in [0, 0.1) is 5.92 Å². The molecule has 0 atom stereocenters.